The highest BCUT2D eigenvalue weighted by atomic mass is 16.1. The largest absolute Gasteiger partial charge is 0.326 e. The van der Waals surface area contributed by atoms with Crippen LogP contribution in [0, 0.1) is 12.8 Å². The summed E-state index contributed by atoms with van der Waals surface area (Å²) >= 11 is 0. The molecule has 1 aromatic carbocycles. The molecule has 6 heteroatoms. The van der Waals surface area contributed by atoms with Crippen LogP contribution in [-0.2, 0) is 4.79 Å². The zero-order valence-corrected chi connectivity index (χ0v) is 16.6. The lowest BCUT2D eigenvalue weighted by molar-refractivity contribution is -0.120. The van der Waals surface area contributed by atoms with E-state index < -0.39 is 0 Å². The number of carbonyl (C=O) groups is 1. The van der Waals surface area contributed by atoms with Gasteiger partial charge in [-0.15, -0.1) is 0 Å². The van der Waals surface area contributed by atoms with E-state index in [1.807, 2.05) is 49.4 Å². The van der Waals surface area contributed by atoms with Gasteiger partial charge in [-0.3, -0.25) is 9.78 Å². The molecule has 6 nitrogen and oxygen atoms in total. The second-order valence-corrected chi connectivity index (χ2v) is 7.46. The average molecular weight is 387 g/mol. The lowest BCUT2D eigenvalue weighted by Crippen LogP contribution is -2.24. The minimum Gasteiger partial charge on any atom is -0.326 e. The molecule has 2 heterocycles. The third-order valence-electron chi connectivity index (χ3n) is 5.31. The van der Waals surface area contributed by atoms with Crippen LogP contribution in [0.2, 0.25) is 0 Å². The zero-order chi connectivity index (χ0) is 20.1. The molecular weight excluding hydrogens is 362 g/mol. The fraction of sp³-hybridized carbons (Fsp3) is 0.304. The third-order valence-corrected chi connectivity index (χ3v) is 5.31. The second-order valence-electron chi connectivity index (χ2n) is 7.46. The Morgan fingerprint density at radius 2 is 1.83 bits per heavy atom. The van der Waals surface area contributed by atoms with Crippen LogP contribution in [0.1, 0.15) is 37.7 Å². The third kappa shape index (κ3) is 4.77. The molecule has 0 saturated heterocycles. The highest BCUT2D eigenvalue weighted by Gasteiger charge is 2.21. The Hall–Kier alpha value is -3.28. The van der Waals surface area contributed by atoms with Crippen LogP contribution < -0.4 is 10.6 Å². The van der Waals surface area contributed by atoms with Gasteiger partial charge in [-0.25, -0.2) is 9.97 Å². The number of aromatic nitrogens is 3. The first-order chi connectivity index (χ1) is 14.2. The first-order valence-corrected chi connectivity index (χ1v) is 10.1. The van der Waals surface area contributed by atoms with Gasteiger partial charge in [0.05, 0.1) is 11.4 Å². The van der Waals surface area contributed by atoms with E-state index in [1.165, 1.54) is 6.42 Å². The van der Waals surface area contributed by atoms with Crippen molar-refractivity contribution in [1.82, 2.24) is 15.0 Å². The van der Waals surface area contributed by atoms with Crippen molar-refractivity contribution in [2.24, 2.45) is 5.92 Å². The molecule has 29 heavy (non-hydrogen) atoms. The summed E-state index contributed by atoms with van der Waals surface area (Å²) in [5.41, 5.74) is 4.25. The maximum Gasteiger partial charge on any atom is 0.227 e. The number of nitrogens with zero attached hydrogens (tertiary/aromatic N) is 3. The number of amides is 1. The van der Waals surface area contributed by atoms with Gasteiger partial charge in [-0.05, 0) is 55.7 Å². The molecular formula is C23H25N5O. The lowest BCUT2D eigenvalue weighted by atomic mass is 9.88. The van der Waals surface area contributed by atoms with Crippen molar-refractivity contribution in [2.45, 2.75) is 39.0 Å². The van der Waals surface area contributed by atoms with Crippen molar-refractivity contribution >= 4 is 23.2 Å². The minimum absolute atomic E-state index is 0.118. The van der Waals surface area contributed by atoms with Crippen LogP contribution in [0.5, 0.6) is 0 Å². The van der Waals surface area contributed by atoms with Gasteiger partial charge in [0.15, 0.2) is 0 Å². The predicted molar refractivity (Wildman–Crippen MR) is 115 cm³/mol. The number of carbonyl (C=O) groups excluding carboxylic acids is 1. The van der Waals surface area contributed by atoms with Gasteiger partial charge in [0.2, 0.25) is 11.9 Å². The summed E-state index contributed by atoms with van der Waals surface area (Å²) in [5, 5.41) is 6.35. The van der Waals surface area contributed by atoms with Crippen molar-refractivity contribution in [3.8, 4) is 11.4 Å². The van der Waals surface area contributed by atoms with Gasteiger partial charge in [-0.2, -0.15) is 0 Å². The van der Waals surface area contributed by atoms with E-state index in [4.69, 9.17) is 0 Å². The van der Waals surface area contributed by atoms with Gasteiger partial charge in [0.25, 0.3) is 0 Å². The van der Waals surface area contributed by atoms with Gasteiger partial charge < -0.3 is 10.6 Å². The fourth-order valence-corrected chi connectivity index (χ4v) is 3.64. The summed E-state index contributed by atoms with van der Waals surface area (Å²) in [6.45, 7) is 2.01. The summed E-state index contributed by atoms with van der Waals surface area (Å²) in [6, 6.07) is 13.4. The Labute approximate surface area is 170 Å². The predicted octanol–water partition coefficient (Wildman–Crippen LogP) is 5.11. The summed E-state index contributed by atoms with van der Waals surface area (Å²) < 4.78 is 0. The van der Waals surface area contributed by atoms with Crippen LogP contribution in [-0.4, -0.2) is 20.9 Å². The van der Waals surface area contributed by atoms with Gasteiger partial charge >= 0.3 is 0 Å². The average Bonchev–Trinajstić information content (AvgIpc) is 2.77. The summed E-state index contributed by atoms with van der Waals surface area (Å²) in [4.78, 5) is 25.8. The number of hydrogen-bond acceptors (Lipinski definition) is 5. The van der Waals surface area contributed by atoms with E-state index in [0.29, 0.717) is 5.95 Å². The zero-order valence-electron chi connectivity index (χ0n) is 16.6. The molecule has 1 aliphatic carbocycles. The minimum atomic E-state index is 0.118. The van der Waals surface area contributed by atoms with Crippen LogP contribution in [0.3, 0.4) is 0 Å². The molecule has 1 amide bonds. The van der Waals surface area contributed by atoms with E-state index in [9.17, 15) is 4.79 Å². The number of anilines is 3. The maximum atomic E-state index is 12.6. The number of nitrogens with one attached hydrogen (secondary N) is 2. The van der Waals surface area contributed by atoms with Crippen LogP contribution in [0.15, 0.2) is 54.9 Å². The van der Waals surface area contributed by atoms with E-state index in [1.54, 1.807) is 12.4 Å². The molecule has 2 N–H and O–H groups in total. The van der Waals surface area contributed by atoms with Crippen molar-refractivity contribution in [3.05, 3.63) is 60.4 Å². The molecule has 2 aromatic heterocycles. The highest BCUT2D eigenvalue weighted by molar-refractivity contribution is 5.93. The number of pyridine rings is 1. The fourth-order valence-electron chi connectivity index (χ4n) is 3.64. The van der Waals surface area contributed by atoms with Crippen molar-refractivity contribution in [2.75, 3.05) is 10.6 Å². The van der Waals surface area contributed by atoms with E-state index in [2.05, 4.69) is 25.6 Å². The second kappa shape index (κ2) is 8.82. The Morgan fingerprint density at radius 1 is 0.966 bits per heavy atom. The highest BCUT2D eigenvalue weighted by Crippen LogP contribution is 2.27. The normalized spacial score (nSPS) is 14.4. The number of benzene rings is 1. The van der Waals surface area contributed by atoms with Crippen molar-refractivity contribution < 1.29 is 4.79 Å². The Kier molecular flexibility index (Phi) is 5.79. The quantitative estimate of drug-likeness (QED) is 0.636. The molecule has 1 fully saturated rings. The monoisotopic (exact) mass is 387 g/mol. The molecule has 1 saturated carbocycles. The van der Waals surface area contributed by atoms with E-state index in [0.717, 1.165) is 54.0 Å². The molecule has 0 bridgehead atoms. The van der Waals surface area contributed by atoms with Gasteiger partial charge in [0.1, 0.15) is 0 Å². The Morgan fingerprint density at radius 3 is 2.62 bits per heavy atom. The first-order valence-electron chi connectivity index (χ1n) is 10.1. The SMILES string of the molecule is Cc1ccc(NC(=O)C2CCCCC2)cc1Nc1nccc(-c2ccccn2)n1. The van der Waals surface area contributed by atoms with Crippen LogP contribution in [0.25, 0.3) is 11.4 Å². The first kappa shape index (κ1) is 19.1. The molecule has 4 rings (SSSR count). The number of hydrogen-bond donors (Lipinski definition) is 2. The summed E-state index contributed by atoms with van der Waals surface area (Å²) in [7, 11) is 0. The lowest BCUT2D eigenvalue weighted by Gasteiger charge is -2.21. The van der Waals surface area contributed by atoms with E-state index in [-0.39, 0.29) is 11.8 Å². The molecule has 0 atom stereocenters. The number of aryl methyl sites for hydroxylation is 1. The summed E-state index contributed by atoms with van der Waals surface area (Å²) in [5.74, 6) is 0.736. The topological polar surface area (TPSA) is 79.8 Å². The molecule has 3 aromatic rings. The molecule has 0 unspecified atom stereocenters. The number of rotatable bonds is 5. The Bertz CT molecular complexity index is 984. The summed E-state index contributed by atoms with van der Waals surface area (Å²) in [6.07, 6.45) is 8.94. The van der Waals surface area contributed by atoms with Crippen molar-refractivity contribution in [1.29, 1.82) is 0 Å². The molecule has 0 spiro atoms. The standard InChI is InChI=1S/C23H25N5O/c1-16-10-11-18(26-22(29)17-7-3-2-4-8-17)15-21(16)28-23-25-14-12-20(27-23)19-9-5-6-13-24-19/h5-6,9-15,17H,2-4,7-8H2,1H3,(H,26,29)(H,25,27,28). The molecule has 1 aliphatic rings. The molecule has 0 aliphatic heterocycles. The van der Waals surface area contributed by atoms with Gasteiger partial charge in [0, 0.05) is 29.7 Å². The van der Waals surface area contributed by atoms with Crippen LogP contribution in [0.4, 0.5) is 17.3 Å². The molecule has 0 radical (unpaired) electrons. The Balaban J connectivity index is 1.50. The van der Waals surface area contributed by atoms with E-state index >= 15 is 0 Å². The molecule has 148 valence electrons. The van der Waals surface area contributed by atoms with Crippen LogP contribution >= 0.6 is 0 Å². The maximum absolute atomic E-state index is 12.6. The van der Waals surface area contributed by atoms with Crippen molar-refractivity contribution in [3.63, 3.8) is 0 Å². The smallest absolute Gasteiger partial charge is 0.227 e. The van der Waals surface area contributed by atoms with Gasteiger partial charge in [-0.1, -0.05) is 31.4 Å².